The Balaban J connectivity index is 2.37. The number of anilines is 1. The molecule has 1 aromatic carbocycles. The van der Waals surface area contributed by atoms with Crippen molar-refractivity contribution in [1.29, 1.82) is 5.26 Å². The zero-order valence-electron chi connectivity index (χ0n) is 9.40. The van der Waals surface area contributed by atoms with Crippen molar-refractivity contribution in [1.82, 2.24) is 9.78 Å². The van der Waals surface area contributed by atoms with E-state index in [1.54, 1.807) is 28.9 Å². The van der Waals surface area contributed by atoms with Gasteiger partial charge in [-0.15, -0.1) is 0 Å². The predicted molar refractivity (Wildman–Crippen MR) is 72.3 cm³/mol. The molecular weight excluding hydrogens is 271 g/mol. The average molecular weight is 281 g/mol. The number of aromatic nitrogens is 2. The Morgan fingerprint density at radius 2 is 2.11 bits per heavy atom. The van der Waals surface area contributed by atoms with Crippen LogP contribution in [0.15, 0.2) is 24.3 Å². The summed E-state index contributed by atoms with van der Waals surface area (Å²) in [5.41, 5.74) is 7.26. The largest absolute Gasteiger partial charge is 0.384 e. The zero-order chi connectivity index (χ0) is 13.1. The fraction of sp³-hybridized carbons (Fsp3) is 0.167. The van der Waals surface area contributed by atoms with E-state index in [1.165, 1.54) is 0 Å². The molecule has 0 saturated carbocycles. The third-order valence-corrected chi connectivity index (χ3v) is 3.00. The van der Waals surface area contributed by atoms with Gasteiger partial charge in [-0.1, -0.05) is 23.2 Å². The van der Waals surface area contributed by atoms with Gasteiger partial charge >= 0.3 is 0 Å². The van der Waals surface area contributed by atoms with Crippen molar-refractivity contribution in [2.24, 2.45) is 0 Å². The normalized spacial score (nSPS) is 10.3. The second kappa shape index (κ2) is 5.30. The fourth-order valence-corrected chi connectivity index (χ4v) is 2.10. The van der Waals surface area contributed by atoms with Crippen molar-refractivity contribution in [3.63, 3.8) is 0 Å². The van der Waals surface area contributed by atoms with Crippen LogP contribution in [-0.4, -0.2) is 9.78 Å². The van der Waals surface area contributed by atoms with Gasteiger partial charge in [-0.3, -0.25) is 0 Å². The van der Waals surface area contributed by atoms with Crippen molar-refractivity contribution >= 4 is 29.0 Å². The number of aryl methyl sites for hydroxylation is 1. The van der Waals surface area contributed by atoms with Crippen molar-refractivity contribution in [3.05, 3.63) is 34.3 Å². The molecule has 0 aliphatic rings. The van der Waals surface area contributed by atoms with Gasteiger partial charge in [-0.25, -0.2) is 4.68 Å². The predicted octanol–water partition coefficient (Wildman–Crippen LogP) is 3.35. The number of nitriles is 1. The minimum absolute atomic E-state index is 0.361. The van der Waals surface area contributed by atoms with Gasteiger partial charge in [0.05, 0.1) is 29.8 Å². The summed E-state index contributed by atoms with van der Waals surface area (Å²) in [6, 6.07) is 8.97. The maximum atomic E-state index is 8.55. The molecular formula is C12H10Cl2N4. The quantitative estimate of drug-likeness (QED) is 0.938. The number of nitrogen functional groups attached to an aromatic ring is 1. The molecule has 92 valence electrons. The van der Waals surface area contributed by atoms with Gasteiger partial charge in [0.15, 0.2) is 0 Å². The Labute approximate surface area is 115 Å². The zero-order valence-corrected chi connectivity index (χ0v) is 10.9. The van der Waals surface area contributed by atoms with Gasteiger partial charge in [-0.2, -0.15) is 10.4 Å². The second-order valence-electron chi connectivity index (χ2n) is 3.71. The molecule has 0 fully saturated rings. The lowest BCUT2D eigenvalue weighted by atomic mass is 10.1. The molecule has 1 heterocycles. The molecule has 0 aliphatic heterocycles. The number of halogens is 2. The first-order valence-electron chi connectivity index (χ1n) is 5.27. The van der Waals surface area contributed by atoms with E-state index in [0.717, 1.165) is 5.56 Å². The third-order valence-electron chi connectivity index (χ3n) is 2.45. The molecule has 0 atom stereocenters. The monoisotopic (exact) mass is 280 g/mol. The lowest BCUT2D eigenvalue weighted by Crippen LogP contribution is -2.03. The van der Waals surface area contributed by atoms with E-state index in [0.29, 0.717) is 34.5 Å². The van der Waals surface area contributed by atoms with E-state index in [-0.39, 0.29) is 0 Å². The molecule has 0 amide bonds. The summed E-state index contributed by atoms with van der Waals surface area (Å²) in [6.45, 7) is 0.466. The Hall–Kier alpha value is -1.70. The van der Waals surface area contributed by atoms with Crippen LogP contribution in [0.25, 0.3) is 11.3 Å². The van der Waals surface area contributed by atoms with Gasteiger partial charge in [0.25, 0.3) is 0 Å². The maximum Gasteiger partial charge on any atom is 0.122 e. The van der Waals surface area contributed by atoms with Crippen molar-refractivity contribution in [2.45, 2.75) is 13.0 Å². The van der Waals surface area contributed by atoms with Crippen LogP contribution in [0.1, 0.15) is 6.42 Å². The molecule has 0 spiro atoms. The van der Waals surface area contributed by atoms with Crippen LogP contribution in [-0.2, 0) is 6.54 Å². The summed E-state index contributed by atoms with van der Waals surface area (Å²) >= 11 is 11.9. The van der Waals surface area contributed by atoms with E-state index in [1.807, 2.05) is 0 Å². The molecule has 2 N–H and O–H groups in total. The highest BCUT2D eigenvalue weighted by atomic mass is 35.5. The molecule has 4 nitrogen and oxygen atoms in total. The SMILES string of the molecule is N#CCCn1nc(-c2ccc(Cl)cc2Cl)cc1N. The van der Waals surface area contributed by atoms with Crippen LogP contribution in [0.4, 0.5) is 5.82 Å². The molecule has 0 radical (unpaired) electrons. The van der Waals surface area contributed by atoms with Gasteiger partial charge < -0.3 is 5.73 Å². The summed E-state index contributed by atoms with van der Waals surface area (Å²) in [5.74, 6) is 0.506. The van der Waals surface area contributed by atoms with E-state index in [9.17, 15) is 0 Å². The third kappa shape index (κ3) is 2.58. The number of rotatable bonds is 3. The fourth-order valence-electron chi connectivity index (χ4n) is 1.60. The summed E-state index contributed by atoms with van der Waals surface area (Å²) < 4.78 is 1.59. The van der Waals surface area contributed by atoms with Crippen LogP contribution >= 0.6 is 23.2 Å². The van der Waals surface area contributed by atoms with E-state index in [4.69, 9.17) is 34.2 Å². The summed E-state index contributed by atoms with van der Waals surface area (Å²) in [4.78, 5) is 0. The molecule has 0 saturated heterocycles. The van der Waals surface area contributed by atoms with E-state index >= 15 is 0 Å². The van der Waals surface area contributed by atoms with Gasteiger partial charge in [0.1, 0.15) is 5.82 Å². The molecule has 18 heavy (non-hydrogen) atoms. The Kier molecular flexibility index (Phi) is 3.75. The highest BCUT2D eigenvalue weighted by Crippen LogP contribution is 2.30. The standard InChI is InChI=1S/C12H10Cl2N4/c13-8-2-3-9(10(14)6-8)11-7-12(16)18(17-11)5-1-4-15/h2-3,6-7H,1,5,16H2. The minimum Gasteiger partial charge on any atom is -0.384 e. The number of hydrogen-bond acceptors (Lipinski definition) is 3. The molecule has 0 aliphatic carbocycles. The van der Waals surface area contributed by atoms with Crippen LogP contribution in [0.5, 0.6) is 0 Å². The first kappa shape index (κ1) is 12.7. The number of nitrogens with two attached hydrogens (primary N) is 1. The van der Waals surface area contributed by atoms with E-state index < -0.39 is 0 Å². The first-order valence-corrected chi connectivity index (χ1v) is 6.03. The number of benzene rings is 1. The molecule has 0 bridgehead atoms. The molecule has 6 heteroatoms. The Bertz CT molecular complexity index is 613. The lowest BCUT2D eigenvalue weighted by molar-refractivity contribution is 0.639. The highest BCUT2D eigenvalue weighted by molar-refractivity contribution is 6.36. The Morgan fingerprint density at radius 3 is 2.78 bits per heavy atom. The van der Waals surface area contributed by atoms with Crippen molar-refractivity contribution < 1.29 is 0 Å². The summed E-state index contributed by atoms with van der Waals surface area (Å²) in [7, 11) is 0. The maximum absolute atomic E-state index is 8.55. The van der Waals surface area contributed by atoms with Gasteiger partial charge in [-0.05, 0) is 18.2 Å². The van der Waals surface area contributed by atoms with Gasteiger partial charge in [0, 0.05) is 16.7 Å². The number of nitrogens with zero attached hydrogens (tertiary/aromatic N) is 3. The van der Waals surface area contributed by atoms with Crippen molar-refractivity contribution in [2.75, 3.05) is 5.73 Å². The number of hydrogen-bond donors (Lipinski definition) is 1. The minimum atomic E-state index is 0.361. The summed E-state index contributed by atoms with van der Waals surface area (Å²) in [6.07, 6.45) is 0.361. The molecule has 2 aromatic rings. The van der Waals surface area contributed by atoms with Crippen LogP contribution in [0, 0.1) is 11.3 Å². The van der Waals surface area contributed by atoms with Gasteiger partial charge in [0.2, 0.25) is 0 Å². The smallest absolute Gasteiger partial charge is 0.122 e. The molecule has 1 aromatic heterocycles. The topological polar surface area (TPSA) is 67.6 Å². The van der Waals surface area contributed by atoms with E-state index in [2.05, 4.69) is 11.2 Å². The first-order chi connectivity index (χ1) is 8.61. The molecule has 0 unspecified atom stereocenters. The second-order valence-corrected chi connectivity index (χ2v) is 4.55. The lowest BCUT2D eigenvalue weighted by Gasteiger charge is -2.01. The van der Waals surface area contributed by atoms with Crippen LogP contribution in [0.2, 0.25) is 10.0 Å². The van der Waals surface area contributed by atoms with Crippen molar-refractivity contribution in [3.8, 4) is 17.3 Å². The Morgan fingerprint density at radius 1 is 1.33 bits per heavy atom. The van der Waals surface area contributed by atoms with Crippen LogP contribution in [0.3, 0.4) is 0 Å². The highest BCUT2D eigenvalue weighted by Gasteiger charge is 2.10. The van der Waals surface area contributed by atoms with Crippen LogP contribution < -0.4 is 5.73 Å². The average Bonchev–Trinajstić information content (AvgIpc) is 2.68. The summed E-state index contributed by atoms with van der Waals surface area (Å²) in [5, 5.41) is 14.0. The molecule has 2 rings (SSSR count).